The van der Waals surface area contributed by atoms with Gasteiger partial charge in [0, 0.05) is 31.5 Å². The Morgan fingerprint density at radius 1 is 1.30 bits per heavy atom. The van der Waals surface area contributed by atoms with Gasteiger partial charge in [-0.3, -0.25) is 9.59 Å². The third-order valence-corrected chi connectivity index (χ3v) is 3.93. The lowest BCUT2D eigenvalue weighted by molar-refractivity contribution is 0.102. The van der Waals surface area contributed by atoms with Gasteiger partial charge in [0.1, 0.15) is 5.69 Å². The lowest BCUT2D eigenvalue weighted by Gasteiger charge is -2.26. The molecule has 1 amide bonds. The summed E-state index contributed by atoms with van der Waals surface area (Å²) < 4.78 is 0. The van der Waals surface area contributed by atoms with Gasteiger partial charge in [-0.25, -0.2) is 9.97 Å². The number of hydrogen-bond donors (Lipinski definition) is 2. The minimum atomic E-state index is -0.535. The predicted molar refractivity (Wildman–Crippen MR) is 88.1 cm³/mol. The van der Waals surface area contributed by atoms with Crippen molar-refractivity contribution >= 4 is 29.1 Å². The van der Waals surface area contributed by atoms with Crippen LogP contribution in [0.3, 0.4) is 0 Å². The molecule has 0 bridgehead atoms. The standard InChI is InChI=1S/C15H16ClN5O2/c16-10-8-18-15(21-6-2-1-3-7-21)20-13(10)14(23)19-11-9-17-5-4-12(11)22/h4-5,8-9H,1-3,6-7H2,(H,17,22)(H,19,23). The molecule has 2 aromatic rings. The SMILES string of the molecule is O=C(Nc1c[nH]ccc1=O)c1nc(N2CCCCC2)ncc1Cl. The van der Waals surface area contributed by atoms with E-state index in [0.29, 0.717) is 5.95 Å². The van der Waals surface area contributed by atoms with E-state index in [1.54, 1.807) is 0 Å². The zero-order valence-corrected chi connectivity index (χ0v) is 13.1. The second kappa shape index (κ2) is 6.78. The molecule has 0 unspecified atom stereocenters. The first-order chi connectivity index (χ1) is 11.1. The largest absolute Gasteiger partial charge is 0.366 e. The normalized spacial score (nSPS) is 14.6. The van der Waals surface area contributed by atoms with Crippen molar-refractivity contribution in [1.29, 1.82) is 0 Å². The van der Waals surface area contributed by atoms with Crippen molar-refractivity contribution < 1.29 is 4.79 Å². The van der Waals surface area contributed by atoms with Gasteiger partial charge in [0.2, 0.25) is 11.4 Å². The van der Waals surface area contributed by atoms with Crippen LogP contribution in [0.15, 0.2) is 29.5 Å². The molecule has 1 saturated heterocycles. The summed E-state index contributed by atoms with van der Waals surface area (Å²) >= 11 is 6.05. The average Bonchev–Trinajstić information content (AvgIpc) is 2.58. The van der Waals surface area contributed by atoms with E-state index in [1.807, 2.05) is 4.90 Å². The van der Waals surface area contributed by atoms with Crippen LogP contribution in [-0.2, 0) is 0 Å². The first-order valence-corrected chi connectivity index (χ1v) is 7.79. The summed E-state index contributed by atoms with van der Waals surface area (Å²) in [6, 6.07) is 1.33. The van der Waals surface area contributed by atoms with E-state index in [1.165, 1.54) is 31.1 Å². The zero-order valence-electron chi connectivity index (χ0n) is 12.4. The number of piperidine rings is 1. The molecule has 0 spiro atoms. The highest BCUT2D eigenvalue weighted by Crippen LogP contribution is 2.20. The molecule has 120 valence electrons. The van der Waals surface area contributed by atoms with Crippen LogP contribution in [0.2, 0.25) is 5.02 Å². The fourth-order valence-electron chi connectivity index (χ4n) is 2.46. The summed E-state index contributed by atoms with van der Waals surface area (Å²) in [6.07, 6.45) is 7.67. The predicted octanol–water partition coefficient (Wildman–Crippen LogP) is 2.06. The van der Waals surface area contributed by atoms with Crippen molar-refractivity contribution in [3.8, 4) is 0 Å². The van der Waals surface area contributed by atoms with E-state index in [-0.39, 0.29) is 21.8 Å². The quantitative estimate of drug-likeness (QED) is 0.897. The van der Waals surface area contributed by atoms with E-state index in [0.717, 1.165) is 25.9 Å². The van der Waals surface area contributed by atoms with Crippen LogP contribution in [0.5, 0.6) is 0 Å². The molecule has 8 heteroatoms. The van der Waals surface area contributed by atoms with Gasteiger partial charge in [0.15, 0.2) is 5.69 Å². The molecule has 0 saturated carbocycles. The number of carbonyl (C=O) groups excluding carboxylic acids is 1. The van der Waals surface area contributed by atoms with Crippen molar-refractivity contribution in [2.45, 2.75) is 19.3 Å². The topological polar surface area (TPSA) is 91.0 Å². The number of pyridine rings is 1. The smallest absolute Gasteiger partial charge is 0.276 e. The van der Waals surface area contributed by atoms with E-state index in [2.05, 4.69) is 20.3 Å². The van der Waals surface area contributed by atoms with Crippen molar-refractivity contribution in [2.75, 3.05) is 23.3 Å². The van der Waals surface area contributed by atoms with Gasteiger partial charge in [0.25, 0.3) is 5.91 Å². The fourth-order valence-corrected chi connectivity index (χ4v) is 2.64. The Morgan fingerprint density at radius 3 is 2.83 bits per heavy atom. The molecule has 0 atom stereocenters. The molecule has 7 nitrogen and oxygen atoms in total. The number of nitrogens with zero attached hydrogens (tertiary/aromatic N) is 3. The molecule has 23 heavy (non-hydrogen) atoms. The average molecular weight is 334 g/mol. The van der Waals surface area contributed by atoms with Crippen LogP contribution in [0.25, 0.3) is 0 Å². The van der Waals surface area contributed by atoms with Crippen LogP contribution in [0.1, 0.15) is 29.8 Å². The lowest BCUT2D eigenvalue weighted by atomic mass is 10.1. The molecule has 0 aromatic carbocycles. The van der Waals surface area contributed by atoms with Gasteiger partial charge in [-0.15, -0.1) is 0 Å². The maximum absolute atomic E-state index is 12.4. The second-order valence-electron chi connectivity index (χ2n) is 5.29. The van der Waals surface area contributed by atoms with Gasteiger partial charge in [-0.1, -0.05) is 11.6 Å². The molecule has 1 aliphatic rings. The lowest BCUT2D eigenvalue weighted by Crippen LogP contribution is -2.31. The van der Waals surface area contributed by atoms with E-state index in [4.69, 9.17) is 11.6 Å². The molecule has 3 rings (SSSR count). The molecule has 1 aliphatic heterocycles. The summed E-state index contributed by atoms with van der Waals surface area (Å²) in [5, 5.41) is 2.67. The molecule has 1 fully saturated rings. The minimum absolute atomic E-state index is 0.0606. The van der Waals surface area contributed by atoms with Crippen molar-refractivity contribution in [3.63, 3.8) is 0 Å². The summed E-state index contributed by atoms with van der Waals surface area (Å²) in [4.78, 5) is 37.3. The van der Waals surface area contributed by atoms with Crippen molar-refractivity contribution in [1.82, 2.24) is 15.0 Å². The number of carbonyl (C=O) groups is 1. The Morgan fingerprint density at radius 2 is 2.09 bits per heavy atom. The Hall–Kier alpha value is -2.41. The summed E-state index contributed by atoms with van der Waals surface area (Å²) in [5.74, 6) is -0.0476. The van der Waals surface area contributed by atoms with Gasteiger partial charge in [-0.05, 0) is 19.3 Å². The number of amides is 1. The number of H-pyrrole nitrogens is 1. The highest BCUT2D eigenvalue weighted by molar-refractivity contribution is 6.34. The summed E-state index contributed by atoms with van der Waals surface area (Å²) in [5.41, 5.74) is -0.0873. The first kappa shape index (κ1) is 15.5. The molecule has 3 heterocycles. The fraction of sp³-hybridized carbons (Fsp3) is 0.333. The number of rotatable bonds is 3. The minimum Gasteiger partial charge on any atom is -0.366 e. The Balaban J connectivity index is 1.85. The Labute approximate surface area is 137 Å². The van der Waals surface area contributed by atoms with Crippen molar-refractivity contribution in [3.05, 3.63) is 45.6 Å². The number of hydrogen-bond acceptors (Lipinski definition) is 5. The molecule has 2 aromatic heterocycles. The van der Waals surface area contributed by atoms with Crippen LogP contribution < -0.4 is 15.6 Å². The second-order valence-corrected chi connectivity index (χ2v) is 5.70. The van der Waals surface area contributed by atoms with Crippen LogP contribution in [0, 0.1) is 0 Å². The van der Waals surface area contributed by atoms with Crippen LogP contribution in [-0.4, -0.2) is 33.9 Å². The number of nitrogens with one attached hydrogen (secondary N) is 2. The highest BCUT2D eigenvalue weighted by Gasteiger charge is 2.19. The summed E-state index contributed by atoms with van der Waals surface area (Å²) in [7, 11) is 0. The number of halogens is 1. The molecular formula is C15H16ClN5O2. The molecule has 0 aliphatic carbocycles. The highest BCUT2D eigenvalue weighted by atomic mass is 35.5. The first-order valence-electron chi connectivity index (χ1n) is 7.41. The van der Waals surface area contributed by atoms with E-state index < -0.39 is 5.91 Å². The Kier molecular flexibility index (Phi) is 4.57. The molecule has 2 N–H and O–H groups in total. The Bertz CT molecular complexity index is 770. The monoisotopic (exact) mass is 333 g/mol. The number of aromatic nitrogens is 3. The molecular weight excluding hydrogens is 318 g/mol. The van der Waals surface area contributed by atoms with Crippen LogP contribution in [0.4, 0.5) is 11.6 Å². The van der Waals surface area contributed by atoms with Crippen LogP contribution >= 0.6 is 11.6 Å². The van der Waals surface area contributed by atoms with Crippen molar-refractivity contribution in [2.24, 2.45) is 0 Å². The number of anilines is 2. The number of aromatic amines is 1. The third-order valence-electron chi connectivity index (χ3n) is 3.66. The van der Waals surface area contributed by atoms with E-state index in [9.17, 15) is 9.59 Å². The van der Waals surface area contributed by atoms with Gasteiger partial charge < -0.3 is 15.2 Å². The van der Waals surface area contributed by atoms with Gasteiger partial charge >= 0.3 is 0 Å². The third kappa shape index (κ3) is 3.50. The summed E-state index contributed by atoms with van der Waals surface area (Å²) in [6.45, 7) is 1.72. The zero-order chi connectivity index (χ0) is 16.2. The maximum atomic E-state index is 12.4. The molecule has 0 radical (unpaired) electrons. The van der Waals surface area contributed by atoms with E-state index >= 15 is 0 Å². The maximum Gasteiger partial charge on any atom is 0.276 e. The van der Waals surface area contributed by atoms with Gasteiger partial charge in [-0.2, -0.15) is 0 Å². The van der Waals surface area contributed by atoms with Gasteiger partial charge in [0.05, 0.1) is 11.2 Å².